The highest BCUT2D eigenvalue weighted by atomic mass is 79.9. The molecule has 0 saturated carbocycles. The van der Waals surface area contributed by atoms with Crippen molar-refractivity contribution in [3.8, 4) is 0 Å². The molecule has 0 atom stereocenters. The summed E-state index contributed by atoms with van der Waals surface area (Å²) >= 11 is 0. The lowest BCUT2D eigenvalue weighted by molar-refractivity contribution is 0.824. The van der Waals surface area contributed by atoms with E-state index in [0.717, 1.165) is 10.8 Å². The van der Waals surface area contributed by atoms with Crippen LogP contribution in [0.4, 0.5) is 5.82 Å². The molecule has 1 aromatic carbocycles. The molecule has 0 bridgehead atoms. The molecule has 5 N–H and O–H groups in total. The number of hydrogen-bond acceptors (Lipinski definition) is 3. The summed E-state index contributed by atoms with van der Waals surface area (Å²) < 4.78 is 0. The van der Waals surface area contributed by atoms with E-state index >= 15 is 0 Å². The molecule has 1 aromatic heterocycles. The first kappa shape index (κ1) is 12.8. The minimum absolute atomic E-state index is 0. The standard InChI is InChI=1S/C9H9N3.BrH.H2O/c10-12-9-8-4-2-1-3-7(8)5-6-11-9;;/h1-6H,10H2,(H,11,12);1H;1H2. The highest BCUT2D eigenvalue weighted by Gasteiger charge is 1.97. The van der Waals surface area contributed by atoms with Crippen molar-refractivity contribution < 1.29 is 5.48 Å². The van der Waals surface area contributed by atoms with E-state index in [1.807, 2.05) is 30.3 Å². The van der Waals surface area contributed by atoms with Crippen molar-refractivity contribution in [1.82, 2.24) is 4.98 Å². The van der Waals surface area contributed by atoms with Gasteiger partial charge in [-0.3, -0.25) is 0 Å². The van der Waals surface area contributed by atoms with Gasteiger partial charge in [0.1, 0.15) is 5.82 Å². The Morgan fingerprint density at radius 2 is 1.86 bits per heavy atom. The van der Waals surface area contributed by atoms with Gasteiger partial charge in [-0.25, -0.2) is 10.8 Å². The van der Waals surface area contributed by atoms with E-state index in [1.165, 1.54) is 0 Å². The molecule has 0 fully saturated rings. The average Bonchev–Trinajstić information content (AvgIpc) is 2.17. The van der Waals surface area contributed by atoms with Crippen LogP contribution in [0.15, 0.2) is 36.5 Å². The number of hydrazine groups is 1. The fraction of sp³-hybridized carbons (Fsp3) is 0. The fourth-order valence-electron chi connectivity index (χ4n) is 1.23. The van der Waals surface area contributed by atoms with E-state index in [4.69, 9.17) is 5.84 Å². The number of nitrogen functional groups attached to an aromatic ring is 1. The maximum atomic E-state index is 5.30. The first-order valence-corrected chi connectivity index (χ1v) is 3.72. The lowest BCUT2D eigenvalue weighted by atomic mass is 10.2. The molecule has 0 saturated heterocycles. The molecule has 0 radical (unpaired) electrons. The first-order chi connectivity index (χ1) is 5.92. The normalized spacial score (nSPS) is 8.64. The Hall–Kier alpha value is -1.17. The molecule has 1 heterocycles. The Morgan fingerprint density at radius 1 is 1.14 bits per heavy atom. The third-order valence-electron chi connectivity index (χ3n) is 1.81. The molecule has 14 heavy (non-hydrogen) atoms. The van der Waals surface area contributed by atoms with Crippen molar-refractivity contribution in [1.29, 1.82) is 0 Å². The molecule has 0 spiro atoms. The fourth-order valence-corrected chi connectivity index (χ4v) is 1.23. The Bertz CT molecular complexity index is 403. The molecule has 0 aliphatic carbocycles. The second-order valence-corrected chi connectivity index (χ2v) is 2.53. The number of nitrogens with one attached hydrogen (secondary N) is 1. The molecular formula is C9H12BrN3O. The van der Waals surface area contributed by atoms with E-state index in [-0.39, 0.29) is 22.5 Å². The van der Waals surface area contributed by atoms with Gasteiger partial charge >= 0.3 is 0 Å². The number of benzene rings is 1. The van der Waals surface area contributed by atoms with E-state index in [0.29, 0.717) is 5.82 Å². The second-order valence-electron chi connectivity index (χ2n) is 2.53. The summed E-state index contributed by atoms with van der Waals surface area (Å²) in [5, 5.41) is 2.18. The maximum absolute atomic E-state index is 5.30. The Kier molecular flexibility index (Phi) is 5.07. The molecule has 2 aromatic rings. The van der Waals surface area contributed by atoms with Crippen LogP contribution >= 0.6 is 17.0 Å². The summed E-state index contributed by atoms with van der Waals surface area (Å²) in [4.78, 5) is 4.09. The molecule has 76 valence electrons. The largest absolute Gasteiger partial charge is 0.412 e. The monoisotopic (exact) mass is 257 g/mol. The SMILES string of the molecule is Br.NNc1nccc2ccccc12.O. The number of nitrogens with two attached hydrogens (primary N) is 1. The number of fused-ring (bicyclic) bond motifs is 1. The number of rotatable bonds is 1. The van der Waals surface area contributed by atoms with E-state index in [2.05, 4.69) is 10.4 Å². The third-order valence-corrected chi connectivity index (χ3v) is 1.81. The number of halogens is 1. The van der Waals surface area contributed by atoms with E-state index in [9.17, 15) is 0 Å². The van der Waals surface area contributed by atoms with Gasteiger partial charge in [0.05, 0.1) is 0 Å². The summed E-state index contributed by atoms with van der Waals surface area (Å²) in [7, 11) is 0. The van der Waals surface area contributed by atoms with Gasteiger partial charge in [-0.2, -0.15) is 0 Å². The minimum Gasteiger partial charge on any atom is -0.412 e. The Labute approximate surface area is 92.2 Å². The predicted molar refractivity (Wildman–Crippen MR) is 63.5 cm³/mol. The zero-order valence-corrected chi connectivity index (χ0v) is 9.11. The quantitative estimate of drug-likeness (QED) is 0.597. The van der Waals surface area contributed by atoms with Crippen LogP contribution in [0.2, 0.25) is 0 Å². The van der Waals surface area contributed by atoms with Crippen LogP contribution in [0.5, 0.6) is 0 Å². The van der Waals surface area contributed by atoms with Gasteiger partial charge in [0, 0.05) is 11.6 Å². The van der Waals surface area contributed by atoms with Crippen molar-refractivity contribution in [2.45, 2.75) is 0 Å². The van der Waals surface area contributed by atoms with Crippen LogP contribution in [0.1, 0.15) is 0 Å². The molecule has 0 unspecified atom stereocenters. The lowest BCUT2D eigenvalue weighted by Crippen LogP contribution is -2.08. The smallest absolute Gasteiger partial charge is 0.147 e. The predicted octanol–water partition coefficient (Wildman–Crippen LogP) is 1.27. The second kappa shape index (κ2) is 5.54. The molecule has 0 aliphatic rings. The van der Waals surface area contributed by atoms with Gasteiger partial charge in [0.2, 0.25) is 0 Å². The van der Waals surface area contributed by atoms with Crippen LogP contribution in [-0.4, -0.2) is 10.5 Å². The average molecular weight is 258 g/mol. The highest BCUT2D eigenvalue weighted by molar-refractivity contribution is 8.93. The number of pyridine rings is 1. The maximum Gasteiger partial charge on any atom is 0.147 e. The lowest BCUT2D eigenvalue weighted by Gasteiger charge is -2.02. The molecule has 4 nitrogen and oxygen atoms in total. The third kappa shape index (κ3) is 2.20. The van der Waals surface area contributed by atoms with Crippen LogP contribution in [0, 0.1) is 0 Å². The summed E-state index contributed by atoms with van der Waals surface area (Å²) in [6, 6.07) is 9.92. The van der Waals surface area contributed by atoms with Crippen molar-refractivity contribution in [3.63, 3.8) is 0 Å². The zero-order valence-electron chi connectivity index (χ0n) is 7.40. The number of anilines is 1. The molecular weight excluding hydrogens is 246 g/mol. The van der Waals surface area contributed by atoms with Gasteiger partial charge in [-0.05, 0) is 11.5 Å². The summed E-state index contributed by atoms with van der Waals surface area (Å²) in [6.45, 7) is 0. The van der Waals surface area contributed by atoms with Crippen molar-refractivity contribution in [3.05, 3.63) is 36.5 Å². The minimum atomic E-state index is 0. The van der Waals surface area contributed by atoms with E-state index < -0.39 is 0 Å². The van der Waals surface area contributed by atoms with Crippen molar-refractivity contribution in [2.24, 2.45) is 5.84 Å². The summed E-state index contributed by atoms with van der Waals surface area (Å²) in [6.07, 6.45) is 1.73. The first-order valence-electron chi connectivity index (χ1n) is 3.72. The van der Waals surface area contributed by atoms with Crippen molar-refractivity contribution in [2.75, 3.05) is 5.43 Å². The van der Waals surface area contributed by atoms with Crippen molar-refractivity contribution >= 4 is 33.6 Å². The molecule has 0 aliphatic heterocycles. The molecule has 2 rings (SSSR count). The van der Waals surface area contributed by atoms with Gasteiger partial charge in [0.15, 0.2) is 0 Å². The summed E-state index contributed by atoms with van der Waals surface area (Å²) in [5.41, 5.74) is 2.56. The number of aromatic nitrogens is 1. The highest BCUT2D eigenvalue weighted by Crippen LogP contribution is 2.18. The van der Waals surface area contributed by atoms with Gasteiger partial charge in [0.25, 0.3) is 0 Å². The number of hydrogen-bond donors (Lipinski definition) is 2. The van der Waals surface area contributed by atoms with Gasteiger partial charge in [-0.15, -0.1) is 17.0 Å². The Balaban J connectivity index is 0.000000845. The van der Waals surface area contributed by atoms with Crippen LogP contribution in [-0.2, 0) is 0 Å². The van der Waals surface area contributed by atoms with Crippen LogP contribution in [0.25, 0.3) is 10.8 Å². The van der Waals surface area contributed by atoms with E-state index in [1.54, 1.807) is 6.20 Å². The van der Waals surface area contributed by atoms with Crippen LogP contribution in [0.3, 0.4) is 0 Å². The van der Waals surface area contributed by atoms with Crippen LogP contribution < -0.4 is 11.3 Å². The number of nitrogens with zero attached hydrogens (tertiary/aromatic N) is 1. The topological polar surface area (TPSA) is 82.4 Å². The zero-order chi connectivity index (χ0) is 8.39. The summed E-state index contributed by atoms with van der Waals surface area (Å²) in [5.74, 6) is 6.02. The molecule has 0 amide bonds. The Morgan fingerprint density at radius 3 is 2.57 bits per heavy atom. The van der Waals surface area contributed by atoms with Gasteiger partial charge in [-0.1, -0.05) is 24.3 Å². The molecule has 5 heteroatoms. The van der Waals surface area contributed by atoms with Gasteiger partial charge < -0.3 is 10.9 Å².